The zero-order valence-corrected chi connectivity index (χ0v) is 22.7. The van der Waals surface area contributed by atoms with Gasteiger partial charge in [0.2, 0.25) is 5.91 Å². The number of nitrogen functional groups attached to an aromatic ring is 1. The smallest absolute Gasteiger partial charge is 0.235 e. The van der Waals surface area contributed by atoms with Crippen LogP contribution in [0.2, 0.25) is 0 Å². The number of hydrogen-bond donors (Lipinski definition) is 2. The summed E-state index contributed by atoms with van der Waals surface area (Å²) in [6.45, 7) is 0.603. The molecule has 1 amide bonds. The van der Waals surface area contributed by atoms with Crippen molar-refractivity contribution in [1.82, 2.24) is 24.9 Å². The normalized spacial score (nSPS) is 18.0. The molecule has 10 heteroatoms. The van der Waals surface area contributed by atoms with Gasteiger partial charge in [-0.15, -0.1) is 0 Å². The summed E-state index contributed by atoms with van der Waals surface area (Å²) in [5.74, 6) is 0.476. The number of benzene rings is 1. The predicted octanol–water partition coefficient (Wildman–Crippen LogP) is 5.33. The average molecular weight is 619 g/mol. The van der Waals surface area contributed by atoms with Gasteiger partial charge in [-0.3, -0.25) is 9.48 Å². The van der Waals surface area contributed by atoms with Crippen LogP contribution in [0.4, 0.5) is 11.5 Å². The quantitative estimate of drug-likeness (QED) is 0.212. The zero-order chi connectivity index (χ0) is 26.1. The molecule has 9 nitrogen and oxygen atoms in total. The van der Waals surface area contributed by atoms with Gasteiger partial charge in [0, 0.05) is 9.99 Å². The molecule has 6 rings (SSSR count). The molecule has 4 aromatic rings. The first kappa shape index (κ1) is 24.5. The van der Waals surface area contributed by atoms with Crippen LogP contribution in [0.15, 0.2) is 83.2 Å². The minimum absolute atomic E-state index is 0.0845. The Morgan fingerprint density at radius 3 is 2.74 bits per heavy atom. The summed E-state index contributed by atoms with van der Waals surface area (Å²) in [6.07, 6.45) is 13.1. The van der Waals surface area contributed by atoms with Crippen LogP contribution in [0.5, 0.6) is 0 Å². The number of anilines is 2. The van der Waals surface area contributed by atoms with Gasteiger partial charge in [-0.2, -0.15) is 5.10 Å². The van der Waals surface area contributed by atoms with Crippen LogP contribution < -0.4 is 11.1 Å². The van der Waals surface area contributed by atoms with Crippen LogP contribution in [0.3, 0.4) is 0 Å². The first-order chi connectivity index (χ1) is 18.5. The minimum atomic E-state index is -0.544. The van der Waals surface area contributed by atoms with Crippen molar-refractivity contribution in [2.45, 2.75) is 41.6 Å². The van der Waals surface area contributed by atoms with Crippen LogP contribution in [0.1, 0.15) is 31.2 Å². The highest BCUT2D eigenvalue weighted by atomic mass is 127. The summed E-state index contributed by atoms with van der Waals surface area (Å²) >= 11 is 2.45. The van der Waals surface area contributed by atoms with Gasteiger partial charge in [0.05, 0.1) is 23.9 Å². The second-order valence-corrected chi connectivity index (χ2v) is 11.1. The number of amides is 1. The molecule has 0 radical (unpaired) electrons. The third-order valence-electron chi connectivity index (χ3n) is 7.27. The molecule has 0 spiro atoms. The second kappa shape index (κ2) is 10.2. The topological polar surface area (TPSA) is 125 Å². The number of aromatic nitrogens is 5. The second-order valence-electron chi connectivity index (χ2n) is 9.58. The van der Waals surface area contributed by atoms with E-state index in [-0.39, 0.29) is 11.7 Å². The van der Waals surface area contributed by atoms with E-state index in [0.29, 0.717) is 33.4 Å². The molecule has 0 aliphatic heterocycles. The van der Waals surface area contributed by atoms with Crippen molar-refractivity contribution < 1.29 is 9.32 Å². The summed E-state index contributed by atoms with van der Waals surface area (Å²) in [5, 5.41) is 11.9. The summed E-state index contributed by atoms with van der Waals surface area (Å²) in [4.78, 5) is 22.4. The van der Waals surface area contributed by atoms with Gasteiger partial charge in [0.1, 0.15) is 23.3 Å². The largest absolute Gasteiger partial charge is 0.382 e. The molecular formula is C28H26IN7O2. The van der Waals surface area contributed by atoms with E-state index in [1.807, 2.05) is 41.1 Å². The van der Waals surface area contributed by atoms with Gasteiger partial charge in [-0.1, -0.05) is 82.7 Å². The highest BCUT2D eigenvalue weighted by Gasteiger charge is 2.45. The lowest BCUT2D eigenvalue weighted by Crippen LogP contribution is -2.46. The van der Waals surface area contributed by atoms with E-state index in [4.69, 9.17) is 15.4 Å². The molecule has 2 aliphatic carbocycles. The number of carbonyl (C=O) groups is 1. The number of nitrogens with zero attached hydrogens (tertiary/aromatic N) is 5. The van der Waals surface area contributed by atoms with Crippen LogP contribution in [-0.2, 0) is 16.8 Å². The maximum atomic E-state index is 13.4. The van der Waals surface area contributed by atoms with E-state index >= 15 is 0 Å². The standard InChI is InChI=1S/C28H26IN7O2/c29-20-10-5-4-7-18(20)17-36-24(21-11-14-38-35-21)15-22(34-36)26-31-16-23(25(30)33-26)32-27(37)28(12-6-13-28)19-8-2-1-3-9-19/h1-5,7-9,11,14-16,20H,6,10,12-13,17H2,(H,32,37)(H2,30,31,33). The Hall–Kier alpha value is -3.80. The number of carbonyl (C=O) groups excluding carboxylic acids is 1. The molecule has 1 unspecified atom stereocenters. The molecule has 3 aromatic heterocycles. The lowest BCUT2D eigenvalue weighted by atomic mass is 9.64. The summed E-state index contributed by atoms with van der Waals surface area (Å²) < 4.78 is 7.36. The van der Waals surface area contributed by atoms with Crippen LogP contribution in [0, 0.1) is 0 Å². The third kappa shape index (κ3) is 4.53. The van der Waals surface area contributed by atoms with E-state index in [2.05, 4.69) is 61.3 Å². The fraction of sp³-hybridized carbons (Fsp3) is 0.250. The van der Waals surface area contributed by atoms with Gasteiger partial charge < -0.3 is 15.6 Å². The average Bonchev–Trinajstić information content (AvgIpc) is 3.57. The van der Waals surface area contributed by atoms with Crippen LogP contribution in [0.25, 0.3) is 22.9 Å². The van der Waals surface area contributed by atoms with Crippen molar-refractivity contribution in [3.05, 3.63) is 84.3 Å². The van der Waals surface area contributed by atoms with E-state index in [9.17, 15) is 4.79 Å². The monoisotopic (exact) mass is 619 g/mol. The fourth-order valence-electron chi connectivity index (χ4n) is 4.96. The molecule has 1 aromatic carbocycles. The molecule has 3 N–H and O–H groups in total. The number of nitrogens with one attached hydrogen (secondary N) is 1. The summed E-state index contributed by atoms with van der Waals surface area (Å²) in [5.41, 5.74) is 10.5. The highest BCUT2D eigenvalue weighted by molar-refractivity contribution is 14.1. The van der Waals surface area contributed by atoms with Gasteiger partial charge in [-0.25, -0.2) is 9.97 Å². The Morgan fingerprint density at radius 1 is 1.21 bits per heavy atom. The maximum absolute atomic E-state index is 13.4. The third-order valence-corrected chi connectivity index (χ3v) is 8.58. The molecule has 0 saturated heterocycles. The van der Waals surface area contributed by atoms with Crippen molar-refractivity contribution >= 4 is 40.0 Å². The van der Waals surface area contributed by atoms with Gasteiger partial charge in [0.25, 0.3) is 0 Å². The van der Waals surface area contributed by atoms with Gasteiger partial charge in [0.15, 0.2) is 11.6 Å². The Kier molecular flexibility index (Phi) is 6.56. The van der Waals surface area contributed by atoms with Gasteiger partial charge >= 0.3 is 0 Å². The van der Waals surface area contributed by atoms with E-state index in [0.717, 1.165) is 36.9 Å². The predicted molar refractivity (Wildman–Crippen MR) is 153 cm³/mol. The van der Waals surface area contributed by atoms with E-state index in [1.54, 1.807) is 12.3 Å². The Morgan fingerprint density at radius 2 is 2.05 bits per heavy atom. The first-order valence-electron chi connectivity index (χ1n) is 12.5. The number of allylic oxidation sites excluding steroid dienone is 4. The maximum Gasteiger partial charge on any atom is 0.235 e. The molecule has 192 valence electrons. The number of halogens is 1. The minimum Gasteiger partial charge on any atom is -0.382 e. The van der Waals surface area contributed by atoms with Crippen molar-refractivity contribution in [1.29, 1.82) is 0 Å². The molecule has 1 fully saturated rings. The Balaban J connectivity index is 1.27. The van der Waals surface area contributed by atoms with Crippen LogP contribution >= 0.6 is 22.6 Å². The first-order valence-corrected chi connectivity index (χ1v) is 13.8. The number of alkyl halides is 1. The number of rotatable bonds is 7. The van der Waals surface area contributed by atoms with Crippen molar-refractivity contribution in [2.75, 3.05) is 11.1 Å². The summed E-state index contributed by atoms with van der Waals surface area (Å²) in [7, 11) is 0. The molecule has 38 heavy (non-hydrogen) atoms. The lowest BCUT2D eigenvalue weighted by Gasteiger charge is -2.40. The molecule has 2 aliphatic rings. The molecule has 3 heterocycles. The zero-order valence-electron chi connectivity index (χ0n) is 20.5. The van der Waals surface area contributed by atoms with Crippen molar-refractivity contribution in [3.63, 3.8) is 0 Å². The lowest BCUT2D eigenvalue weighted by molar-refractivity contribution is -0.124. The van der Waals surface area contributed by atoms with Crippen molar-refractivity contribution in [2.24, 2.45) is 0 Å². The van der Waals surface area contributed by atoms with Gasteiger partial charge in [-0.05, 0) is 36.5 Å². The number of nitrogens with two attached hydrogens (primary N) is 1. The van der Waals surface area contributed by atoms with E-state index < -0.39 is 5.41 Å². The van der Waals surface area contributed by atoms with E-state index in [1.165, 1.54) is 11.8 Å². The summed E-state index contributed by atoms with van der Waals surface area (Å²) in [6, 6.07) is 13.6. The Bertz CT molecular complexity index is 1520. The molecule has 1 saturated carbocycles. The molecule has 1 atom stereocenters. The molecular weight excluding hydrogens is 593 g/mol. The molecule has 0 bridgehead atoms. The van der Waals surface area contributed by atoms with Crippen LogP contribution in [-0.4, -0.2) is 34.7 Å². The highest BCUT2D eigenvalue weighted by Crippen LogP contribution is 2.44. The SMILES string of the molecule is Nc1nc(-c2cc(-c3ccon3)n(CC3=CC=CCC3I)n2)ncc1NC(=O)C1(c2ccccc2)CCC1. The Labute approximate surface area is 233 Å². The number of hydrogen-bond acceptors (Lipinski definition) is 7. The van der Waals surface area contributed by atoms with Crippen molar-refractivity contribution in [3.8, 4) is 22.9 Å². The fourth-order valence-corrected chi connectivity index (χ4v) is 5.66.